The van der Waals surface area contributed by atoms with Gasteiger partial charge in [-0.1, -0.05) is 29.8 Å². The zero-order chi connectivity index (χ0) is 18.7. The Morgan fingerprint density at radius 2 is 2.04 bits per heavy atom. The van der Waals surface area contributed by atoms with Crippen LogP contribution < -0.4 is 10.7 Å². The SMILES string of the molecule is Cc1ccc(CSc2cc(=O)c(C(=O)NCC(=O)O)c3nc[nH]n23)cc1. The molecule has 2 aromatic heterocycles. The van der Waals surface area contributed by atoms with E-state index in [9.17, 15) is 14.4 Å². The lowest BCUT2D eigenvalue weighted by atomic mass is 10.2. The molecule has 0 aliphatic heterocycles. The molecule has 0 saturated carbocycles. The molecule has 0 fully saturated rings. The van der Waals surface area contributed by atoms with E-state index in [-0.39, 0.29) is 11.2 Å². The molecule has 1 aromatic carbocycles. The number of nitrogens with zero attached hydrogens (tertiary/aromatic N) is 2. The van der Waals surface area contributed by atoms with Crippen LogP contribution in [0.3, 0.4) is 0 Å². The summed E-state index contributed by atoms with van der Waals surface area (Å²) in [5.74, 6) is -1.31. The summed E-state index contributed by atoms with van der Waals surface area (Å²) in [5.41, 5.74) is 1.73. The fourth-order valence-corrected chi connectivity index (χ4v) is 3.34. The van der Waals surface area contributed by atoms with E-state index in [2.05, 4.69) is 15.4 Å². The van der Waals surface area contributed by atoms with Crippen molar-refractivity contribution >= 4 is 29.3 Å². The number of pyridine rings is 1. The molecular weight excluding hydrogens is 356 g/mol. The van der Waals surface area contributed by atoms with Gasteiger partial charge in [0.1, 0.15) is 23.5 Å². The summed E-state index contributed by atoms with van der Waals surface area (Å²) in [6.45, 7) is 1.44. The Morgan fingerprint density at radius 1 is 1.31 bits per heavy atom. The second kappa shape index (κ2) is 7.44. The van der Waals surface area contributed by atoms with Gasteiger partial charge >= 0.3 is 5.97 Å². The average molecular weight is 372 g/mol. The number of rotatable bonds is 6. The van der Waals surface area contributed by atoms with Crippen LogP contribution in [0.1, 0.15) is 21.5 Å². The maximum Gasteiger partial charge on any atom is 0.322 e. The van der Waals surface area contributed by atoms with Crippen molar-refractivity contribution in [2.24, 2.45) is 0 Å². The molecule has 2 heterocycles. The van der Waals surface area contributed by atoms with Gasteiger partial charge in [0.15, 0.2) is 11.1 Å². The van der Waals surface area contributed by atoms with Crippen molar-refractivity contribution < 1.29 is 14.7 Å². The van der Waals surface area contributed by atoms with Crippen molar-refractivity contribution in [2.45, 2.75) is 17.7 Å². The third kappa shape index (κ3) is 3.77. The second-order valence-electron chi connectivity index (χ2n) is 5.62. The van der Waals surface area contributed by atoms with Crippen molar-refractivity contribution in [1.82, 2.24) is 19.9 Å². The number of aliphatic carboxylic acids is 1. The number of hydrogen-bond acceptors (Lipinski definition) is 5. The number of H-pyrrole nitrogens is 1. The largest absolute Gasteiger partial charge is 0.480 e. The van der Waals surface area contributed by atoms with E-state index in [4.69, 9.17) is 5.11 Å². The molecule has 3 N–H and O–H groups in total. The Labute approximate surface area is 152 Å². The molecule has 3 rings (SSSR count). The number of carbonyl (C=O) groups is 2. The molecular formula is C17H16N4O4S. The number of hydrogen-bond donors (Lipinski definition) is 3. The standard InChI is InChI=1S/C17H16N4O4S/c1-10-2-4-11(5-3-10)8-26-13-6-12(22)15(16-19-9-20-21(13)16)17(25)18-7-14(23)24/h2-6,9H,7-8H2,1H3,(H,18,25)(H,19,20)(H,23,24). The van der Waals surface area contributed by atoms with Crippen molar-refractivity contribution in [1.29, 1.82) is 0 Å². The molecule has 8 nitrogen and oxygen atoms in total. The van der Waals surface area contributed by atoms with E-state index in [1.165, 1.54) is 34.2 Å². The lowest BCUT2D eigenvalue weighted by Crippen LogP contribution is -2.33. The first-order chi connectivity index (χ1) is 12.5. The zero-order valence-electron chi connectivity index (χ0n) is 13.9. The van der Waals surface area contributed by atoms with Gasteiger partial charge in [-0.2, -0.15) is 0 Å². The minimum Gasteiger partial charge on any atom is -0.480 e. The first-order valence-electron chi connectivity index (χ1n) is 7.73. The van der Waals surface area contributed by atoms with E-state index in [0.717, 1.165) is 5.56 Å². The van der Waals surface area contributed by atoms with Crippen LogP contribution in [0.25, 0.3) is 5.65 Å². The number of carboxylic acid groups (broad SMARTS) is 1. The minimum absolute atomic E-state index is 0.159. The van der Waals surface area contributed by atoms with Crippen molar-refractivity contribution in [3.8, 4) is 0 Å². The van der Waals surface area contributed by atoms with E-state index >= 15 is 0 Å². The van der Waals surface area contributed by atoms with Crippen LogP contribution in [0, 0.1) is 6.92 Å². The predicted molar refractivity (Wildman–Crippen MR) is 96.5 cm³/mol. The molecule has 3 aromatic rings. The fraction of sp³-hybridized carbons (Fsp3) is 0.176. The Kier molecular flexibility index (Phi) is 5.08. The summed E-state index contributed by atoms with van der Waals surface area (Å²) >= 11 is 1.43. The van der Waals surface area contributed by atoms with Gasteiger partial charge in [0.2, 0.25) is 0 Å². The monoisotopic (exact) mass is 372 g/mol. The summed E-state index contributed by atoms with van der Waals surface area (Å²) in [4.78, 5) is 39.2. The highest BCUT2D eigenvalue weighted by atomic mass is 32.2. The Hall–Kier alpha value is -3.07. The van der Waals surface area contributed by atoms with Crippen LogP contribution in [0.15, 0.2) is 46.5 Å². The Morgan fingerprint density at radius 3 is 2.73 bits per heavy atom. The maximum absolute atomic E-state index is 12.4. The van der Waals surface area contributed by atoms with Crippen molar-refractivity contribution in [3.05, 3.63) is 63.6 Å². The molecule has 1 amide bonds. The van der Waals surface area contributed by atoms with Gasteiger partial charge < -0.3 is 10.4 Å². The smallest absolute Gasteiger partial charge is 0.322 e. The van der Waals surface area contributed by atoms with Crippen LogP contribution in [-0.4, -0.2) is 38.1 Å². The summed E-state index contributed by atoms with van der Waals surface area (Å²) in [7, 11) is 0. The molecule has 26 heavy (non-hydrogen) atoms. The lowest BCUT2D eigenvalue weighted by molar-refractivity contribution is -0.135. The van der Waals surface area contributed by atoms with Gasteiger partial charge in [-0.3, -0.25) is 19.5 Å². The molecule has 134 valence electrons. The number of fused-ring (bicyclic) bond motifs is 1. The quantitative estimate of drug-likeness (QED) is 0.564. The number of aromatic nitrogens is 3. The average Bonchev–Trinajstić information content (AvgIpc) is 3.08. The van der Waals surface area contributed by atoms with Gasteiger partial charge in [-0.15, -0.1) is 11.8 Å². The first kappa shape index (κ1) is 17.7. The van der Waals surface area contributed by atoms with E-state index in [0.29, 0.717) is 10.8 Å². The Balaban J connectivity index is 1.89. The number of aromatic amines is 1. The molecule has 0 aliphatic carbocycles. The fourth-order valence-electron chi connectivity index (χ4n) is 2.38. The number of amides is 1. The van der Waals surface area contributed by atoms with Gasteiger partial charge in [0, 0.05) is 11.8 Å². The highest BCUT2D eigenvalue weighted by Crippen LogP contribution is 2.23. The molecule has 0 aliphatic rings. The molecule has 0 unspecified atom stereocenters. The predicted octanol–water partition coefficient (Wildman–Crippen LogP) is 1.44. The number of nitrogens with one attached hydrogen (secondary N) is 2. The van der Waals surface area contributed by atoms with Crippen molar-refractivity contribution in [3.63, 3.8) is 0 Å². The third-order valence-corrected chi connectivity index (χ3v) is 4.74. The first-order valence-corrected chi connectivity index (χ1v) is 8.72. The normalized spacial score (nSPS) is 10.8. The molecule has 0 radical (unpaired) electrons. The van der Waals surface area contributed by atoms with Crippen molar-refractivity contribution in [2.75, 3.05) is 6.54 Å². The van der Waals surface area contributed by atoms with Crippen LogP contribution in [0.5, 0.6) is 0 Å². The van der Waals surface area contributed by atoms with Gasteiger partial charge in [-0.05, 0) is 12.5 Å². The molecule has 0 bridgehead atoms. The van der Waals surface area contributed by atoms with Crippen LogP contribution >= 0.6 is 11.8 Å². The highest BCUT2D eigenvalue weighted by molar-refractivity contribution is 7.98. The molecule has 9 heteroatoms. The van der Waals surface area contributed by atoms with Gasteiger partial charge in [0.25, 0.3) is 5.91 Å². The summed E-state index contributed by atoms with van der Waals surface area (Å²) in [6, 6.07) is 9.42. The van der Waals surface area contributed by atoms with Crippen LogP contribution in [0.2, 0.25) is 0 Å². The molecule has 0 atom stereocenters. The number of thioether (sulfide) groups is 1. The number of aryl methyl sites for hydroxylation is 1. The van der Waals surface area contributed by atoms with E-state index in [1.54, 1.807) is 0 Å². The summed E-state index contributed by atoms with van der Waals surface area (Å²) < 4.78 is 1.54. The number of carbonyl (C=O) groups excluding carboxylic acids is 1. The zero-order valence-corrected chi connectivity index (χ0v) is 14.7. The minimum atomic E-state index is -1.19. The van der Waals surface area contributed by atoms with Gasteiger partial charge in [-0.25, -0.2) is 9.50 Å². The summed E-state index contributed by atoms with van der Waals surface area (Å²) in [6.07, 6.45) is 1.37. The molecule has 0 saturated heterocycles. The lowest BCUT2D eigenvalue weighted by Gasteiger charge is -2.08. The van der Waals surface area contributed by atoms with E-state index < -0.39 is 23.9 Å². The van der Waals surface area contributed by atoms with Crippen LogP contribution in [-0.2, 0) is 10.5 Å². The van der Waals surface area contributed by atoms with Crippen LogP contribution in [0.4, 0.5) is 0 Å². The van der Waals surface area contributed by atoms with Gasteiger partial charge in [0.05, 0.1) is 0 Å². The summed E-state index contributed by atoms with van der Waals surface area (Å²) in [5, 5.41) is 14.3. The number of benzene rings is 1. The number of carboxylic acids is 1. The molecule has 0 spiro atoms. The second-order valence-corrected chi connectivity index (χ2v) is 6.61. The Bertz CT molecular complexity index is 1020. The third-order valence-electron chi connectivity index (χ3n) is 3.66. The highest BCUT2D eigenvalue weighted by Gasteiger charge is 2.19. The maximum atomic E-state index is 12.4. The van der Waals surface area contributed by atoms with E-state index in [1.807, 2.05) is 31.2 Å². The topological polar surface area (TPSA) is 117 Å².